The van der Waals surface area contributed by atoms with Gasteiger partial charge in [-0.05, 0) is 42.5 Å². The number of urea groups is 1. The van der Waals surface area contributed by atoms with Gasteiger partial charge in [0.25, 0.3) is 5.91 Å². The third-order valence-corrected chi connectivity index (χ3v) is 3.45. The Kier molecular flexibility index (Phi) is 3.91. The van der Waals surface area contributed by atoms with Crippen molar-refractivity contribution in [3.05, 3.63) is 59.2 Å². The molecule has 1 aromatic heterocycles. The van der Waals surface area contributed by atoms with E-state index in [1.54, 1.807) is 42.5 Å². The van der Waals surface area contributed by atoms with E-state index in [9.17, 15) is 9.59 Å². The Morgan fingerprint density at radius 2 is 1.74 bits per heavy atom. The molecule has 0 atom stereocenters. The van der Waals surface area contributed by atoms with E-state index in [0.717, 1.165) is 10.9 Å². The maximum absolute atomic E-state index is 12.3. The zero-order chi connectivity index (χ0) is 16.4. The van der Waals surface area contributed by atoms with Gasteiger partial charge in [0.1, 0.15) is 5.69 Å². The lowest BCUT2D eigenvalue weighted by Gasteiger charge is -2.06. The summed E-state index contributed by atoms with van der Waals surface area (Å²) in [5, 5.41) is 6.66. The number of nitrogens with two attached hydrogens (primary N) is 1. The first-order chi connectivity index (χ1) is 11.0. The first kappa shape index (κ1) is 14.9. The van der Waals surface area contributed by atoms with Crippen molar-refractivity contribution in [2.45, 2.75) is 0 Å². The van der Waals surface area contributed by atoms with Gasteiger partial charge in [-0.25, -0.2) is 4.79 Å². The normalized spacial score (nSPS) is 10.5. The monoisotopic (exact) mass is 328 g/mol. The number of fused-ring (bicyclic) bond motifs is 1. The maximum atomic E-state index is 12.3. The Morgan fingerprint density at radius 1 is 1.00 bits per heavy atom. The molecule has 0 saturated heterocycles. The van der Waals surface area contributed by atoms with Crippen LogP contribution in [0.4, 0.5) is 16.2 Å². The fourth-order valence-corrected chi connectivity index (χ4v) is 2.42. The summed E-state index contributed by atoms with van der Waals surface area (Å²) in [5.74, 6) is -0.298. The first-order valence-corrected chi connectivity index (χ1v) is 7.15. The second-order valence-electron chi connectivity index (χ2n) is 4.94. The van der Waals surface area contributed by atoms with E-state index in [1.165, 1.54) is 0 Å². The van der Waals surface area contributed by atoms with E-state index < -0.39 is 6.03 Å². The Bertz CT molecular complexity index is 904. The second-order valence-corrected chi connectivity index (χ2v) is 5.38. The Balaban J connectivity index is 1.81. The number of aromatic amines is 1. The first-order valence-electron chi connectivity index (χ1n) is 6.77. The number of hydrogen-bond acceptors (Lipinski definition) is 2. The fraction of sp³-hybridized carbons (Fsp3) is 0. The zero-order valence-electron chi connectivity index (χ0n) is 11.9. The van der Waals surface area contributed by atoms with Gasteiger partial charge < -0.3 is 21.4 Å². The summed E-state index contributed by atoms with van der Waals surface area (Å²) in [7, 11) is 0. The minimum atomic E-state index is -0.666. The fourth-order valence-electron chi connectivity index (χ4n) is 2.24. The minimum Gasteiger partial charge on any atom is -0.351 e. The van der Waals surface area contributed by atoms with Crippen molar-refractivity contribution >= 4 is 45.8 Å². The van der Waals surface area contributed by atoms with Gasteiger partial charge in [-0.2, -0.15) is 0 Å². The van der Waals surface area contributed by atoms with Gasteiger partial charge in [-0.15, -0.1) is 0 Å². The lowest BCUT2D eigenvalue weighted by Crippen LogP contribution is -2.19. The van der Waals surface area contributed by atoms with Gasteiger partial charge in [-0.3, -0.25) is 4.79 Å². The quantitative estimate of drug-likeness (QED) is 0.591. The lowest BCUT2D eigenvalue weighted by molar-refractivity contribution is 0.102. The number of H-pyrrole nitrogens is 1. The topological polar surface area (TPSA) is 100 Å². The van der Waals surface area contributed by atoms with E-state index in [2.05, 4.69) is 15.6 Å². The minimum absolute atomic E-state index is 0.298. The number of carbonyl (C=O) groups is 2. The molecule has 23 heavy (non-hydrogen) atoms. The third kappa shape index (κ3) is 3.44. The SMILES string of the molecule is NC(=O)Nc1cccc(NC(=O)c2cc3cc(Cl)ccc3[nH]2)c1. The van der Waals surface area contributed by atoms with Crippen LogP contribution in [0.1, 0.15) is 10.5 Å². The second kappa shape index (κ2) is 6.02. The predicted molar refractivity (Wildman–Crippen MR) is 90.9 cm³/mol. The third-order valence-electron chi connectivity index (χ3n) is 3.22. The largest absolute Gasteiger partial charge is 0.351 e. The molecule has 0 aliphatic heterocycles. The molecule has 0 bridgehead atoms. The molecule has 0 saturated carbocycles. The van der Waals surface area contributed by atoms with Gasteiger partial charge >= 0.3 is 6.03 Å². The molecule has 0 unspecified atom stereocenters. The van der Waals surface area contributed by atoms with Crippen LogP contribution in [0.15, 0.2) is 48.5 Å². The Morgan fingerprint density at radius 3 is 2.48 bits per heavy atom. The van der Waals surface area contributed by atoms with Crippen LogP contribution in [0.3, 0.4) is 0 Å². The molecule has 7 heteroatoms. The molecule has 116 valence electrons. The highest BCUT2D eigenvalue weighted by atomic mass is 35.5. The summed E-state index contributed by atoms with van der Waals surface area (Å²) in [4.78, 5) is 26.2. The Labute approximate surface area is 136 Å². The molecule has 5 N–H and O–H groups in total. The van der Waals surface area contributed by atoms with Crippen LogP contribution in [0.25, 0.3) is 10.9 Å². The summed E-state index contributed by atoms with van der Waals surface area (Å²) >= 11 is 5.94. The number of amides is 3. The molecular formula is C16H13ClN4O2. The van der Waals surface area contributed by atoms with Crippen LogP contribution in [0.5, 0.6) is 0 Å². The average Bonchev–Trinajstić information content (AvgIpc) is 2.90. The standard InChI is InChI=1S/C16H13ClN4O2/c17-10-4-5-13-9(6-10)7-14(21-13)15(22)19-11-2-1-3-12(8-11)20-16(18)23/h1-8,21H,(H,19,22)(H3,18,20,23). The number of rotatable bonds is 3. The number of nitrogens with one attached hydrogen (secondary N) is 3. The van der Waals surface area contributed by atoms with Crippen LogP contribution in [-0.2, 0) is 0 Å². The van der Waals surface area contributed by atoms with E-state index in [0.29, 0.717) is 22.1 Å². The van der Waals surface area contributed by atoms with Gasteiger partial charge in [0.15, 0.2) is 0 Å². The van der Waals surface area contributed by atoms with Crippen molar-refractivity contribution in [3.8, 4) is 0 Å². The van der Waals surface area contributed by atoms with Crippen molar-refractivity contribution < 1.29 is 9.59 Å². The molecular weight excluding hydrogens is 316 g/mol. The van der Waals surface area contributed by atoms with Crippen LogP contribution in [0, 0.1) is 0 Å². The zero-order valence-corrected chi connectivity index (χ0v) is 12.6. The van der Waals surface area contributed by atoms with Crippen molar-refractivity contribution in [3.63, 3.8) is 0 Å². The molecule has 0 radical (unpaired) electrons. The van der Waals surface area contributed by atoms with E-state index in [1.807, 2.05) is 6.07 Å². The molecule has 0 aliphatic carbocycles. The van der Waals surface area contributed by atoms with Crippen molar-refractivity contribution in [1.82, 2.24) is 4.98 Å². The van der Waals surface area contributed by atoms with Crippen LogP contribution in [-0.4, -0.2) is 16.9 Å². The number of aromatic nitrogens is 1. The molecule has 1 heterocycles. The lowest BCUT2D eigenvalue weighted by atomic mass is 10.2. The van der Waals surface area contributed by atoms with Crippen LogP contribution in [0.2, 0.25) is 5.02 Å². The number of anilines is 2. The molecule has 0 aliphatic rings. The summed E-state index contributed by atoms with van der Waals surface area (Å²) < 4.78 is 0. The summed E-state index contributed by atoms with van der Waals surface area (Å²) in [6.45, 7) is 0. The Hall–Kier alpha value is -2.99. The van der Waals surface area contributed by atoms with Crippen LogP contribution >= 0.6 is 11.6 Å². The molecule has 3 rings (SSSR count). The highest BCUT2D eigenvalue weighted by Gasteiger charge is 2.10. The highest BCUT2D eigenvalue weighted by Crippen LogP contribution is 2.21. The molecule has 3 aromatic rings. The number of halogens is 1. The van der Waals surface area contributed by atoms with Crippen molar-refractivity contribution in [1.29, 1.82) is 0 Å². The van der Waals surface area contributed by atoms with Gasteiger partial charge in [-0.1, -0.05) is 17.7 Å². The predicted octanol–water partition coefficient (Wildman–Crippen LogP) is 3.56. The molecule has 3 amide bonds. The summed E-state index contributed by atoms with van der Waals surface area (Å²) in [5.41, 5.74) is 7.34. The van der Waals surface area contributed by atoms with Gasteiger partial charge in [0.05, 0.1) is 0 Å². The summed E-state index contributed by atoms with van der Waals surface area (Å²) in [6, 6.07) is 13.1. The number of hydrogen-bond donors (Lipinski definition) is 4. The van der Waals surface area contributed by atoms with Crippen molar-refractivity contribution in [2.75, 3.05) is 10.6 Å². The molecule has 0 fully saturated rings. The maximum Gasteiger partial charge on any atom is 0.316 e. The molecule has 6 nitrogen and oxygen atoms in total. The van der Waals surface area contributed by atoms with E-state index >= 15 is 0 Å². The number of benzene rings is 2. The van der Waals surface area contributed by atoms with Crippen molar-refractivity contribution in [2.24, 2.45) is 5.73 Å². The van der Waals surface area contributed by atoms with Gasteiger partial charge in [0, 0.05) is 27.3 Å². The van der Waals surface area contributed by atoms with E-state index in [4.69, 9.17) is 17.3 Å². The molecule has 2 aromatic carbocycles. The van der Waals surface area contributed by atoms with Crippen LogP contribution < -0.4 is 16.4 Å². The number of primary amides is 1. The van der Waals surface area contributed by atoms with E-state index in [-0.39, 0.29) is 5.91 Å². The highest BCUT2D eigenvalue weighted by molar-refractivity contribution is 6.31. The summed E-state index contributed by atoms with van der Waals surface area (Å²) in [6.07, 6.45) is 0. The smallest absolute Gasteiger partial charge is 0.316 e. The molecule has 0 spiro atoms. The average molecular weight is 329 g/mol. The van der Waals surface area contributed by atoms with Gasteiger partial charge in [0.2, 0.25) is 0 Å². The number of carbonyl (C=O) groups excluding carboxylic acids is 2.